The molecule has 2 N–H and O–H groups in total. The van der Waals surface area contributed by atoms with Gasteiger partial charge >= 0.3 is 5.97 Å². The molecule has 0 aromatic carbocycles. The number of hydrogen-bond donors (Lipinski definition) is 2. The first kappa shape index (κ1) is 15.1. The molecule has 0 atom stereocenters. The van der Waals surface area contributed by atoms with E-state index in [2.05, 4.69) is 26.3 Å². The van der Waals surface area contributed by atoms with Crippen molar-refractivity contribution >= 4 is 23.3 Å². The predicted octanol–water partition coefficient (Wildman–Crippen LogP) is 2.95. The van der Waals surface area contributed by atoms with Gasteiger partial charge in [-0.2, -0.15) is 0 Å². The molecule has 0 unspecified atom stereocenters. The molecule has 0 aliphatic rings. The van der Waals surface area contributed by atoms with E-state index in [0.29, 0.717) is 23.8 Å². The van der Waals surface area contributed by atoms with Crippen molar-refractivity contribution in [2.24, 2.45) is 0 Å². The number of carbonyl (C=O) groups is 1. The number of anilines is 1. The minimum atomic E-state index is -1.05. The maximum absolute atomic E-state index is 11.4. The zero-order chi connectivity index (χ0) is 16.1. The molecule has 0 fully saturated rings. The SMILES string of the molecule is O=C(O)c1cnc(NCCc2cccs2)nc1-c1ccncc1. The van der Waals surface area contributed by atoms with Crippen molar-refractivity contribution in [3.63, 3.8) is 0 Å². The van der Waals surface area contributed by atoms with Crippen molar-refractivity contribution in [2.45, 2.75) is 6.42 Å². The maximum atomic E-state index is 11.4. The largest absolute Gasteiger partial charge is 0.478 e. The Bertz CT molecular complexity index is 791. The third-order valence-electron chi connectivity index (χ3n) is 3.21. The van der Waals surface area contributed by atoms with Crippen LogP contribution < -0.4 is 5.32 Å². The van der Waals surface area contributed by atoms with Gasteiger partial charge in [0, 0.05) is 35.6 Å². The second-order valence-electron chi connectivity index (χ2n) is 4.75. The summed E-state index contributed by atoms with van der Waals surface area (Å²) in [5, 5.41) is 14.5. The molecule has 23 heavy (non-hydrogen) atoms. The number of nitrogens with zero attached hydrogens (tertiary/aromatic N) is 3. The lowest BCUT2D eigenvalue weighted by molar-refractivity contribution is 0.0697. The average molecular weight is 326 g/mol. The van der Waals surface area contributed by atoms with Crippen LogP contribution >= 0.6 is 11.3 Å². The molecule has 0 bridgehead atoms. The van der Waals surface area contributed by atoms with Gasteiger partial charge in [-0.3, -0.25) is 4.98 Å². The lowest BCUT2D eigenvalue weighted by Crippen LogP contribution is -2.10. The van der Waals surface area contributed by atoms with Crippen LogP contribution in [0, 0.1) is 0 Å². The summed E-state index contributed by atoms with van der Waals surface area (Å²) in [4.78, 5) is 25.0. The number of thiophene rings is 1. The molecular weight excluding hydrogens is 312 g/mol. The summed E-state index contributed by atoms with van der Waals surface area (Å²) in [5.74, 6) is -0.639. The molecular formula is C16H14N4O2S. The highest BCUT2D eigenvalue weighted by Gasteiger charge is 2.15. The van der Waals surface area contributed by atoms with Crippen LogP contribution in [0.15, 0.2) is 48.2 Å². The van der Waals surface area contributed by atoms with Gasteiger partial charge < -0.3 is 10.4 Å². The van der Waals surface area contributed by atoms with Crippen LogP contribution in [0.25, 0.3) is 11.3 Å². The molecule has 0 radical (unpaired) electrons. The highest BCUT2D eigenvalue weighted by Crippen LogP contribution is 2.21. The first-order valence-electron chi connectivity index (χ1n) is 7.01. The predicted molar refractivity (Wildman–Crippen MR) is 88.7 cm³/mol. The summed E-state index contributed by atoms with van der Waals surface area (Å²) in [6.07, 6.45) is 5.41. The Balaban J connectivity index is 1.81. The average Bonchev–Trinajstić information content (AvgIpc) is 3.09. The number of pyridine rings is 1. The van der Waals surface area contributed by atoms with Crippen molar-refractivity contribution in [3.8, 4) is 11.3 Å². The fourth-order valence-electron chi connectivity index (χ4n) is 2.11. The van der Waals surface area contributed by atoms with Crippen LogP contribution in [0.5, 0.6) is 0 Å². The molecule has 0 spiro atoms. The van der Waals surface area contributed by atoms with Crippen LogP contribution in [0.3, 0.4) is 0 Å². The number of nitrogens with one attached hydrogen (secondary N) is 1. The van der Waals surface area contributed by atoms with Gasteiger partial charge in [0.25, 0.3) is 0 Å². The molecule has 3 aromatic rings. The second-order valence-corrected chi connectivity index (χ2v) is 5.79. The fraction of sp³-hybridized carbons (Fsp3) is 0.125. The summed E-state index contributed by atoms with van der Waals surface area (Å²) >= 11 is 1.70. The van der Waals surface area contributed by atoms with Gasteiger partial charge in [0.15, 0.2) is 0 Å². The maximum Gasteiger partial charge on any atom is 0.339 e. The van der Waals surface area contributed by atoms with Gasteiger partial charge in [0.05, 0.1) is 5.69 Å². The van der Waals surface area contributed by atoms with E-state index >= 15 is 0 Å². The van der Waals surface area contributed by atoms with Crippen LogP contribution in [0.4, 0.5) is 5.95 Å². The minimum absolute atomic E-state index is 0.0695. The van der Waals surface area contributed by atoms with E-state index in [1.54, 1.807) is 35.9 Å². The fourth-order valence-corrected chi connectivity index (χ4v) is 2.81. The Morgan fingerprint density at radius 3 is 2.78 bits per heavy atom. The molecule has 0 saturated heterocycles. The van der Waals surface area contributed by atoms with E-state index in [1.807, 2.05) is 11.4 Å². The summed E-state index contributed by atoms with van der Waals surface area (Å²) in [6, 6.07) is 7.54. The molecule has 0 amide bonds. The Hall–Kier alpha value is -2.80. The molecule has 6 nitrogen and oxygen atoms in total. The van der Waals surface area contributed by atoms with Gasteiger partial charge in [-0.25, -0.2) is 14.8 Å². The highest BCUT2D eigenvalue weighted by atomic mass is 32.1. The van der Waals surface area contributed by atoms with E-state index in [4.69, 9.17) is 0 Å². The van der Waals surface area contributed by atoms with Gasteiger partial charge in [0.2, 0.25) is 5.95 Å². The molecule has 116 valence electrons. The van der Waals surface area contributed by atoms with E-state index in [0.717, 1.165) is 6.42 Å². The number of rotatable bonds is 6. The number of hydrogen-bond acceptors (Lipinski definition) is 6. The van der Waals surface area contributed by atoms with Crippen molar-refractivity contribution < 1.29 is 9.90 Å². The highest BCUT2D eigenvalue weighted by molar-refractivity contribution is 7.09. The summed E-state index contributed by atoms with van der Waals surface area (Å²) in [5.41, 5.74) is 1.15. The van der Waals surface area contributed by atoms with Crippen LogP contribution in [-0.2, 0) is 6.42 Å². The Labute approximate surface area is 136 Å². The Morgan fingerprint density at radius 1 is 1.26 bits per heavy atom. The van der Waals surface area contributed by atoms with Gasteiger partial charge in [-0.1, -0.05) is 6.07 Å². The molecule has 0 aliphatic carbocycles. The number of aromatic carboxylic acids is 1. The smallest absolute Gasteiger partial charge is 0.339 e. The summed E-state index contributed by atoms with van der Waals surface area (Å²) in [7, 11) is 0. The second kappa shape index (κ2) is 6.97. The molecule has 7 heteroatoms. The zero-order valence-electron chi connectivity index (χ0n) is 12.1. The lowest BCUT2D eigenvalue weighted by atomic mass is 10.1. The first-order valence-corrected chi connectivity index (χ1v) is 7.89. The molecule has 0 aliphatic heterocycles. The minimum Gasteiger partial charge on any atom is -0.478 e. The number of carboxylic acid groups (broad SMARTS) is 1. The van der Waals surface area contributed by atoms with Crippen molar-refractivity contribution in [3.05, 3.63) is 58.7 Å². The van der Waals surface area contributed by atoms with Crippen LogP contribution in [-0.4, -0.2) is 32.6 Å². The van der Waals surface area contributed by atoms with E-state index in [-0.39, 0.29) is 5.56 Å². The van der Waals surface area contributed by atoms with Crippen molar-refractivity contribution in [2.75, 3.05) is 11.9 Å². The van der Waals surface area contributed by atoms with E-state index in [9.17, 15) is 9.90 Å². The lowest BCUT2D eigenvalue weighted by Gasteiger charge is -2.09. The Kier molecular flexibility index (Phi) is 4.58. The standard InChI is InChI=1S/C16H14N4O2S/c21-15(22)13-10-19-16(18-8-5-12-2-1-9-23-12)20-14(13)11-3-6-17-7-4-11/h1-4,6-7,9-10H,5,8H2,(H,21,22)(H,18,19,20). The van der Waals surface area contributed by atoms with Gasteiger partial charge in [-0.05, 0) is 30.0 Å². The third kappa shape index (κ3) is 3.70. The summed E-state index contributed by atoms with van der Waals surface area (Å²) in [6.45, 7) is 0.683. The Morgan fingerprint density at radius 2 is 2.09 bits per heavy atom. The monoisotopic (exact) mass is 326 g/mol. The normalized spacial score (nSPS) is 10.4. The molecule has 3 heterocycles. The van der Waals surface area contributed by atoms with Crippen LogP contribution in [0.1, 0.15) is 15.2 Å². The van der Waals surface area contributed by atoms with E-state index in [1.165, 1.54) is 11.1 Å². The quantitative estimate of drug-likeness (QED) is 0.724. The topological polar surface area (TPSA) is 88.0 Å². The first-order chi connectivity index (χ1) is 11.2. The summed E-state index contributed by atoms with van der Waals surface area (Å²) < 4.78 is 0. The number of carboxylic acids is 1. The van der Waals surface area contributed by atoms with Crippen molar-refractivity contribution in [1.29, 1.82) is 0 Å². The third-order valence-corrected chi connectivity index (χ3v) is 4.14. The molecule has 3 rings (SSSR count). The zero-order valence-corrected chi connectivity index (χ0v) is 13.0. The molecule has 3 aromatic heterocycles. The van der Waals surface area contributed by atoms with Crippen molar-refractivity contribution in [1.82, 2.24) is 15.0 Å². The van der Waals surface area contributed by atoms with E-state index < -0.39 is 5.97 Å². The number of aromatic nitrogens is 3. The molecule has 0 saturated carbocycles. The van der Waals surface area contributed by atoms with Crippen LogP contribution in [0.2, 0.25) is 0 Å². The van der Waals surface area contributed by atoms with Gasteiger partial charge in [0.1, 0.15) is 5.56 Å². The van der Waals surface area contributed by atoms with Gasteiger partial charge in [-0.15, -0.1) is 11.3 Å².